The molecule has 0 spiro atoms. The predicted molar refractivity (Wildman–Crippen MR) is 114 cm³/mol. The summed E-state index contributed by atoms with van der Waals surface area (Å²) in [5, 5.41) is 5.28. The van der Waals surface area contributed by atoms with Gasteiger partial charge in [0.2, 0.25) is 5.91 Å². The molecule has 1 aliphatic heterocycles. The van der Waals surface area contributed by atoms with E-state index in [0.717, 1.165) is 42.4 Å². The highest BCUT2D eigenvalue weighted by Gasteiger charge is 2.22. The second kappa shape index (κ2) is 8.99. The number of piperazine rings is 1. The average molecular weight is 393 g/mol. The summed E-state index contributed by atoms with van der Waals surface area (Å²) in [6.45, 7) is 3.91. The van der Waals surface area contributed by atoms with Gasteiger partial charge >= 0.3 is 0 Å². The third-order valence-electron chi connectivity index (χ3n) is 4.98. The molecule has 1 aliphatic rings. The van der Waals surface area contributed by atoms with Crippen molar-refractivity contribution in [2.24, 2.45) is 0 Å². The van der Waals surface area contributed by atoms with Crippen molar-refractivity contribution in [3.05, 3.63) is 82.7 Å². The van der Waals surface area contributed by atoms with E-state index >= 15 is 0 Å². The maximum absolute atomic E-state index is 12.8. The molecule has 5 nitrogen and oxygen atoms in total. The van der Waals surface area contributed by atoms with Crippen LogP contribution in [-0.4, -0.2) is 48.5 Å². The van der Waals surface area contributed by atoms with Gasteiger partial charge in [-0.1, -0.05) is 42.5 Å². The molecule has 0 unspecified atom stereocenters. The van der Waals surface area contributed by atoms with Crippen molar-refractivity contribution in [2.75, 3.05) is 37.6 Å². The van der Waals surface area contributed by atoms with Crippen LogP contribution in [-0.2, 0) is 4.79 Å². The van der Waals surface area contributed by atoms with Crippen molar-refractivity contribution in [3.63, 3.8) is 0 Å². The highest BCUT2D eigenvalue weighted by molar-refractivity contribution is 7.10. The number of amides is 1. The minimum absolute atomic E-state index is 0.0635. The summed E-state index contributed by atoms with van der Waals surface area (Å²) in [5.41, 5.74) is 1.11. The van der Waals surface area contributed by atoms with Gasteiger partial charge in [0, 0.05) is 37.3 Å². The van der Waals surface area contributed by atoms with E-state index in [1.165, 1.54) is 0 Å². The molecule has 0 bridgehead atoms. The Morgan fingerprint density at radius 3 is 2.46 bits per heavy atom. The lowest BCUT2D eigenvalue weighted by Gasteiger charge is -2.35. The van der Waals surface area contributed by atoms with Gasteiger partial charge in [0.1, 0.15) is 5.82 Å². The molecule has 2 aromatic heterocycles. The molecule has 1 aromatic carbocycles. The Kier molecular flexibility index (Phi) is 5.99. The van der Waals surface area contributed by atoms with Crippen LogP contribution in [0.1, 0.15) is 16.5 Å². The highest BCUT2D eigenvalue weighted by atomic mass is 32.1. The van der Waals surface area contributed by atoms with E-state index in [1.807, 2.05) is 54.0 Å². The Hall–Kier alpha value is -2.70. The number of hydrogen-bond acceptors (Lipinski definition) is 5. The normalized spacial score (nSPS) is 15.9. The molecule has 28 heavy (non-hydrogen) atoms. The van der Waals surface area contributed by atoms with Gasteiger partial charge in [-0.3, -0.25) is 9.69 Å². The third kappa shape index (κ3) is 4.58. The minimum atomic E-state index is -0.0940. The summed E-state index contributed by atoms with van der Waals surface area (Å²) < 4.78 is 0. The van der Waals surface area contributed by atoms with Crippen molar-refractivity contribution in [1.82, 2.24) is 15.2 Å². The summed E-state index contributed by atoms with van der Waals surface area (Å²) in [6, 6.07) is 20.1. The summed E-state index contributed by atoms with van der Waals surface area (Å²) in [6.07, 6.45) is 1.82. The quantitative estimate of drug-likeness (QED) is 0.700. The fourth-order valence-electron chi connectivity index (χ4n) is 3.51. The molecule has 3 heterocycles. The van der Waals surface area contributed by atoms with Crippen LogP contribution < -0.4 is 10.2 Å². The Balaban J connectivity index is 1.35. The van der Waals surface area contributed by atoms with E-state index in [4.69, 9.17) is 0 Å². The van der Waals surface area contributed by atoms with Gasteiger partial charge in [-0.15, -0.1) is 11.3 Å². The van der Waals surface area contributed by atoms with E-state index in [2.05, 4.69) is 38.3 Å². The SMILES string of the molecule is O=C(CN1CCN(c2ccccn2)CC1)N[C@@H](c1ccccc1)c1cccs1. The number of nitrogens with one attached hydrogen (secondary N) is 1. The number of thiophene rings is 1. The number of anilines is 1. The standard InChI is InChI=1S/C22H24N4OS/c27-21(17-25-12-14-26(15-13-25)20-10-4-5-11-23-20)24-22(19-9-6-16-28-19)18-7-2-1-3-8-18/h1-11,16,22H,12-15,17H2,(H,24,27)/t22-/m0/s1. The first-order valence-corrected chi connectivity index (χ1v) is 10.4. The van der Waals surface area contributed by atoms with Gasteiger partial charge in [-0.05, 0) is 29.1 Å². The van der Waals surface area contributed by atoms with Crippen molar-refractivity contribution in [1.29, 1.82) is 0 Å². The number of carbonyl (C=O) groups is 1. The molecule has 4 rings (SSSR count). The van der Waals surface area contributed by atoms with E-state index in [9.17, 15) is 4.79 Å². The molecular formula is C22H24N4OS. The Morgan fingerprint density at radius 1 is 1.00 bits per heavy atom. The zero-order chi connectivity index (χ0) is 19.2. The predicted octanol–water partition coefficient (Wildman–Crippen LogP) is 3.17. The summed E-state index contributed by atoms with van der Waals surface area (Å²) in [7, 11) is 0. The van der Waals surface area contributed by atoms with Crippen molar-refractivity contribution >= 4 is 23.1 Å². The molecule has 3 aromatic rings. The molecule has 1 saturated heterocycles. The molecule has 1 atom stereocenters. The van der Waals surface area contributed by atoms with Crippen LogP contribution in [0.5, 0.6) is 0 Å². The zero-order valence-corrected chi connectivity index (χ0v) is 16.5. The fraction of sp³-hybridized carbons (Fsp3) is 0.273. The molecule has 1 N–H and O–H groups in total. The molecule has 0 radical (unpaired) electrons. The topological polar surface area (TPSA) is 48.5 Å². The maximum atomic E-state index is 12.8. The first-order chi connectivity index (χ1) is 13.8. The van der Waals surface area contributed by atoms with Crippen LogP contribution >= 0.6 is 11.3 Å². The van der Waals surface area contributed by atoms with E-state index in [-0.39, 0.29) is 11.9 Å². The monoisotopic (exact) mass is 392 g/mol. The van der Waals surface area contributed by atoms with Gasteiger partial charge in [-0.25, -0.2) is 4.98 Å². The van der Waals surface area contributed by atoms with Crippen LogP contribution in [0.15, 0.2) is 72.2 Å². The first kappa shape index (κ1) is 18.7. The van der Waals surface area contributed by atoms with Crippen molar-refractivity contribution in [2.45, 2.75) is 6.04 Å². The molecular weight excluding hydrogens is 368 g/mol. The highest BCUT2D eigenvalue weighted by Crippen LogP contribution is 2.25. The summed E-state index contributed by atoms with van der Waals surface area (Å²) in [4.78, 5) is 22.8. The lowest BCUT2D eigenvalue weighted by molar-refractivity contribution is -0.122. The number of rotatable bonds is 6. The fourth-order valence-corrected chi connectivity index (χ4v) is 4.31. The van der Waals surface area contributed by atoms with Gasteiger partial charge in [-0.2, -0.15) is 0 Å². The van der Waals surface area contributed by atoms with Crippen LogP contribution in [0.3, 0.4) is 0 Å². The van der Waals surface area contributed by atoms with Gasteiger partial charge in [0.05, 0.1) is 12.6 Å². The van der Waals surface area contributed by atoms with E-state index in [1.54, 1.807) is 11.3 Å². The first-order valence-electron chi connectivity index (χ1n) is 9.55. The largest absolute Gasteiger partial charge is 0.354 e. The lowest BCUT2D eigenvalue weighted by atomic mass is 10.1. The van der Waals surface area contributed by atoms with Gasteiger partial charge in [0.15, 0.2) is 0 Å². The van der Waals surface area contributed by atoms with E-state index in [0.29, 0.717) is 6.54 Å². The average Bonchev–Trinajstić information content (AvgIpc) is 3.28. The smallest absolute Gasteiger partial charge is 0.234 e. The second-order valence-corrected chi connectivity index (χ2v) is 7.86. The minimum Gasteiger partial charge on any atom is -0.354 e. The van der Waals surface area contributed by atoms with Gasteiger partial charge < -0.3 is 10.2 Å². The third-order valence-corrected chi connectivity index (χ3v) is 5.92. The zero-order valence-electron chi connectivity index (χ0n) is 15.7. The molecule has 0 aliphatic carbocycles. The van der Waals surface area contributed by atoms with Crippen LogP contribution in [0.4, 0.5) is 5.82 Å². The van der Waals surface area contributed by atoms with Crippen molar-refractivity contribution in [3.8, 4) is 0 Å². The number of pyridine rings is 1. The van der Waals surface area contributed by atoms with E-state index < -0.39 is 0 Å². The number of aromatic nitrogens is 1. The number of nitrogens with zero attached hydrogens (tertiary/aromatic N) is 3. The lowest BCUT2D eigenvalue weighted by Crippen LogP contribution is -2.50. The second-order valence-electron chi connectivity index (χ2n) is 6.88. The van der Waals surface area contributed by atoms with Crippen molar-refractivity contribution < 1.29 is 4.79 Å². The van der Waals surface area contributed by atoms with Crippen LogP contribution in [0.25, 0.3) is 0 Å². The molecule has 1 fully saturated rings. The Morgan fingerprint density at radius 2 is 1.79 bits per heavy atom. The van der Waals surface area contributed by atoms with Gasteiger partial charge in [0.25, 0.3) is 0 Å². The van der Waals surface area contributed by atoms with Crippen LogP contribution in [0, 0.1) is 0 Å². The van der Waals surface area contributed by atoms with Crippen LogP contribution in [0.2, 0.25) is 0 Å². The number of hydrogen-bond donors (Lipinski definition) is 1. The summed E-state index contributed by atoms with van der Waals surface area (Å²) >= 11 is 1.67. The molecule has 6 heteroatoms. The number of carbonyl (C=O) groups excluding carboxylic acids is 1. The summed E-state index contributed by atoms with van der Waals surface area (Å²) in [5.74, 6) is 1.07. The molecule has 144 valence electrons. The number of benzene rings is 1. The Labute approximate surface area is 169 Å². The molecule has 1 amide bonds. The molecule has 0 saturated carbocycles. The Bertz CT molecular complexity index is 862. The maximum Gasteiger partial charge on any atom is 0.234 e.